The van der Waals surface area contributed by atoms with Crippen molar-refractivity contribution in [2.45, 2.75) is 83.8 Å². The Labute approximate surface area is 166 Å². The van der Waals surface area contributed by atoms with Crippen molar-refractivity contribution >= 4 is 10.1 Å². The molecule has 5 heteroatoms. The van der Waals surface area contributed by atoms with Gasteiger partial charge in [0.1, 0.15) is 0 Å². The molecule has 1 radical (unpaired) electrons. The summed E-state index contributed by atoms with van der Waals surface area (Å²) in [5.74, 6) is 0. The van der Waals surface area contributed by atoms with E-state index < -0.39 is 10.1 Å². The maximum Gasteiger partial charge on any atom is 0.264 e. The van der Waals surface area contributed by atoms with Gasteiger partial charge in [0.2, 0.25) is 0 Å². The molecule has 4 nitrogen and oxygen atoms in total. The molecule has 0 saturated heterocycles. The van der Waals surface area contributed by atoms with E-state index >= 15 is 0 Å². The third-order valence-corrected chi connectivity index (χ3v) is 5.10. The lowest BCUT2D eigenvalue weighted by molar-refractivity contribution is 0.0263. The first kappa shape index (κ1) is 24.1. The smallest absolute Gasteiger partial charge is 0.264 e. The second-order valence-corrected chi connectivity index (χ2v) is 8.81. The van der Waals surface area contributed by atoms with Crippen molar-refractivity contribution in [2.24, 2.45) is 0 Å². The van der Waals surface area contributed by atoms with Gasteiger partial charge < -0.3 is 4.74 Å². The molecule has 0 heterocycles. The molecule has 0 amide bonds. The van der Waals surface area contributed by atoms with Crippen molar-refractivity contribution < 1.29 is 17.3 Å². The summed E-state index contributed by atoms with van der Waals surface area (Å²) in [6.07, 6.45) is 15.0. The third kappa shape index (κ3) is 14.8. The normalized spacial score (nSPS) is 13.0. The van der Waals surface area contributed by atoms with E-state index in [9.17, 15) is 8.42 Å². The van der Waals surface area contributed by atoms with Gasteiger partial charge >= 0.3 is 0 Å². The summed E-state index contributed by atoms with van der Waals surface area (Å²) in [6, 6.07) is 10.0. The van der Waals surface area contributed by atoms with Gasteiger partial charge in [-0.3, -0.25) is 4.18 Å². The Kier molecular flexibility index (Phi) is 13.5. The number of hydrogen-bond donors (Lipinski definition) is 0. The van der Waals surface area contributed by atoms with Gasteiger partial charge in [-0.15, -0.1) is 0 Å². The molecule has 1 aromatic carbocycles. The fourth-order valence-electron chi connectivity index (χ4n) is 2.94. The minimum atomic E-state index is -3.39. The number of benzene rings is 1. The second-order valence-electron chi connectivity index (χ2n) is 7.17. The van der Waals surface area contributed by atoms with E-state index in [0.717, 1.165) is 24.7 Å². The molecule has 0 unspecified atom stereocenters. The summed E-state index contributed by atoms with van der Waals surface area (Å²) in [6.45, 7) is 2.95. The Morgan fingerprint density at radius 3 is 2.33 bits per heavy atom. The van der Waals surface area contributed by atoms with Crippen LogP contribution < -0.4 is 0 Å². The molecule has 1 aromatic rings. The monoisotopic (exact) mass is 397 g/mol. The molecule has 0 aromatic heterocycles. The summed E-state index contributed by atoms with van der Waals surface area (Å²) >= 11 is 0. The van der Waals surface area contributed by atoms with Crippen LogP contribution in [0.15, 0.2) is 30.3 Å². The molecule has 0 fully saturated rings. The van der Waals surface area contributed by atoms with Crippen LogP contribution in [-0.4, -0.2) is 27.4 Å². The topological polar surface area (TPSA) is 52.6 Å². The molecule has 0 aliphatic heterocycles. The molecule has 155 valence electrons. The van der Waals surface area contributed by atoms with Crippen molar-refractivity contribution in [1.82, 2.24) is 0 Å². The Balaban J connectivity index is 2.24. The lowest BCUT2D eigenvalue weighted by atomic mass is 10.0. The average Bonchev–Trinajstić information content (AvgIpc) is 2.64. The van der Waals surface area contributed by atoms with Crippen molar-refractivity contribution in [2.75, 3.05) is 12.9 Å². The zero-order chi connectivity index (χ0) is 19.8. The number of unbranched alkanes of at least 4 members (excludes halogenated alkanes) is 8. The minimum absolute atomic E-state index is 0.0171. The molecule has 0 saturated carbocycles. The Bertz CT molecular complexity index is 557. The van der Waals surface area contributed by atoms with Crippen molar-refractivity contribution in [1.29, 1.82) is 0 Å². The van der Waals surface area contributed by atoms with Crippen LogP contribution in [0.5, 0.6) is 0 Å². The quantitative estimate of drug-likeness (QED) is 0.251. The molecule has 0 aliphatic carbocycles. The molecule has 0 spiro atoms. The van der Waals surface area contributed by atoms with Crippen LogP contribution in [0.2, 0.25) is 0 Å². The fraction of sp³-hybridized carbons (Fsp3) is 0.682. The van der Waals surface area contributed by atoms with Crippen LogP contribution >= 0.6 is 0 Å². The molecule has 0 N–H and O–H groups in total. The van der Waals surface area contributed by atoms with Gasteiger partial charge in [0.05, 0.1) is 25.6 Å². The molecule has 1 rings (SSSR count). The summed E-state index contributed by atoms with van der Waals surface area (Å²) in [7, 11) is -3.39. The molecular weight excluding hydrogens is 360 g/mol. The van der Waals surface area contributed by atoms with Gasteiger partial charge in [-0.1, -0.05) is 88.6 Å². The molecule has 27 heavy (non-hydrogen) atoms. The van der Waals surface area contributed by atoms with Crippen molar-refractivity contribution in [3.8, 4) is 0 Å². The van der Waals surface area contributed by atoms with Gasteiger partial charge in [0.15, 0.2) is 0 Å². The highest BCUT2D eigenvalue weighted by Crippen LogP contribution is 2.15. The van der Waals surface area contributed by atoms with E-state index in [1.807, 2.05) is 30.3 Å². The Morgan fingerprint density at radius 1 is 1.00 bits per heavy atom. The summed E-state index contributed by atoms with van der Waals surface area (Å²) < 4.78 is 33.2. The number of rotatable bonds is 17. The van der Waals surface area contributed by atoms with E-state index in [1.165, 1.54) is 44.9 Å². The van der Waals surface area contributed by atoms with Gasteiger partial charge in [0, 0.05) is 0 Å². The summed E-state index contributed by atoms with van der Waals surface area (Å²) in [5.41, 5.74) is 1.12. The SMILES string of the molecule is CCCCCCCCC[CH]C[C@H](CCOS(C)(=O)=O)OCc1ccccc1. The first-order chi connectivity index (χ1) is 13.0. The first-order valence-electron chi connectivity index (χ1n) is 10.3. The highest BCUT2D eigenvalue weighted by Gasteiger charge is 2.12. The van der Waals surface area contributed by atoms with Gasteiger partial charge in [-0.2, -0.15) is 8.42 Å². The van der Waals surface area contributed by atoms with Crippen LogP contribution in [-0.2, 0) is 25.6 Å². The zero-order valence-electron chi connectivity index (χ0n) is 17.1. The van der Waals surface area contributed by atoms with Gasteiger partial charge in [-0.25, -0.2) is 0 Å². The highest BCUT2D eigenvalue weighted by molar-refractivity contribution is 7.85. The molecular formula is C22H37O4S. The minimum Gasteiger partial charge on any atom is -0.373 e. The van der Waals surface area contributed by atoms with E-state index in [4.69, 9.17) is 8.92 Å². The number of ether oxygens (including phenoxy) is 1. The summed E-state index contributed by atoms with van der Waals surface area (Å²) in [4.78, 5) is 0. The Hall–Kier alpha value is -0.910. The second kappa shape index (κ2) is 15.1. The molecule has 0 aliphatic rings. The lowest BCUT2D eigenvalue weighted by Gasteiger charge is -2.18. The molecule has 1 atom stereocenters. The van der Waals surface area contributed by atoms with E-state index in [0.29, 0.717) is 13.0 Å². The fourth-order valence-corrected chi connectivity index (χ4v) is 3.34. The standard InChI is InChI=1S/C22H37O4S/c1-3-4-5-6-7-8-9-10-14-17-22(18-19-26-27(2,23)24)25-20-21-15-12-11-13-16-21/h11-16,22H,3-10,17-20H2,1-2H3/t22-/m1/s1. The largest absolute Gasteiger partial charge is 0.373 e. The predicted octanol–water partition coefficient (Wildman–Crippen LogP) is 5.67. The average molecular weight is 398 g/mol. The highest BCUT2D eigenvalue weighted by atomic mass is 32.2. The number of hydrogen-bond acceptors (Lipinski definition) is 4. The van der Waals surface area contributed by atoms with E-state index in [1.54, 1.807) is 0 Å². The zero-order valence-corrected chi connectivity index (χ0v) is 17.9. The van der Waals surface area contributed by atoms with Crippen LogP contribution in [0.1, 0.15) is 76.7 Å². The first-order valence-corrected chi connectivity index (χ1v) is 12.1. The Morgan fingerprint density at radius 2 is 1.67 bits per heavy atom. The van der Waals surface area contributed by atoms with Crippen LogP contribution in [0, 0.1) is 6.42 Å². The summed E-state index contributed by atoms with van der Waals surface area (Å²) in [5, 5.41) is 0. The van der Waals surface area contributed by atoms with E-state index in [-0.39, 0.29) is 12.7 Å². The van der Waals surface area contributed by atoms with Crippen LogP contribution in [0.4, 0.5) is 0 Å². The predicted molar refractivity (Wildman–Crippen MR) is 112 cm³/mol. The molecule has 0 bridgehead atoms. The van der Waals surface area contributed by atoms with Crippen molar-refractivity contribution in [3.05, 3.63) is 42.3 Å². The maximum atomic E-state index is 11.1. The van der Waals surface area contributed by atoms with E-state index in [2.05, 4.69) is 13.3 Å². The van der Waals surface area contributed by atoms with Crippen molar-refractivity contribution in [3.63, 3.8) is 0 Å². The van der Waals surface area contributed by atoms with Gasteiger partial charge in [-0.05, 0) is 24.8 Å². The van der Waals surface area contributed by atoms with Crippen LogP contribution in [0.25, 0.3) is 0 Å². The third-order valence-electron chi connectivity index (χ3n) is 4.51. The maximum absolute atomic E-state index is 11.1. The van der Waals surface area contributed by atoms with Crippen LogP contribution in [0.3, 0.4) is 0 Å². The lowest BCUT2D eigenvalue weighted by Crippen LogP contribution is -2.17. The van der Waals surface area contributed by atoms with Gasteiger partial charge in [0.25, 0.3) is 10.1 Å².